The Morgan fingerprint density at radius 3 is 2.38 bits per heavy atom. The summed E-state index contributed by atoms with van der Waals surface area (Å²) in [6.45, 7) is 0.340. The third-order valence-corrected chi connectivity index (χ3v) is 3.83. The molecule has 0 heterocycles. The quantitative estimate of drug-likeness (QED) is 0.677. The van der Waals surface area contributed by atoms with Crippen molar-refractivity contribution in [1.29, 1.82) is 0 Å². The lowest BCUT2D eigenvalue weighted by Gasteiger charge is -2.12. The summed E-state index contributed by atoms with van der Waals surface area (Å²) < 4.78 is 39.1. The highest BCUT2D eigenvalue weighted by Gasteiger charge is 2.31. The molecule has 0 atom stereocenters. The number of benzene rings is 2. The van der Waals surface area contributed by atoms with Gasteiger partial charge in [-0.05, 0) is 51.8 Å². The minimum absolute atomic E-state index is 0.112. The molecule has 2 nitrogen and oxygen atoms in total. The molecule has 0 aromatic heterocycles. The molecule has 21 heavy (non-hydrogen) atoms. The Bertz CT molecular complexity index is 659. The predicted molar refractivity (Wildman–Crippen MR) is 82.3 cm³/mol. The zero-order valence-corrected chi connectivity index (χ0v) is 13.7. The average molecular weight is 425 g/mol. The second-order valence-electron chi connectivity index (χ2n) is 4.37. The summed E-state index contributed by atoms with van der Waals surface area (Å²) >= 11 is 6.26. The van der Waals surface area contributed by atoms with Gasteiger partial charge >= 0.3 is 6.18 Å². The van der Waals surface area contributed by atoms with Gasteiger partial charge in [-0.1, -0.05) is 22.0 Å². The molecule has 0 amide bonds. The molecule has 112 valence electrons. The van der Waals surface area contributed by atoms with Crippen LogP contribution in [0.25, 0.3) is 0 Å². The number of nitrogens with one attached hydrogen (secondary N) is 1. The number of anilines is 1. The van der Waals surface area contributed by atoms with Crippen LogP contribution in [0.2, 0.25) is 0 Å². The van der Waals surface area contributed by atoms with Gasteiger partial charge in [0.15, 0.2) is 0 Å². The van der Waals surface area contributed by atoms with Gasteiger partial charge in [0.1, 0.15) is 5.75 Å². The number of halogens is 5. The number of rotatable bonds is 3. The van der Waals surface area contributed by atoms with E-state index in [-0.39, 0.29) is 5.75 Å². The van der Waals surface area contributed by atoms with Crippen LogP contribution in [-0.2, 0) is 12.7 Å². The topological polar surface area (TPSA) is 32.3 Å². The highest BCUT2D eigenvalue weighted by molar-refractivity contribution is 9.10. The van der Waals surface area contributed by atoms with E-state index in [2.05, 4.69) is 37.2 Å². The summed E-state index contributed by atoms with van der Waals surface area (Å²) in [5.74, 6) is 0.112. The number of phenolic OH excluding ortho intramolecular Hbond substituents is 1. The first-order valence-corrected chi connectivity index (χ1v) is 7.43. The van der Waals surface area contributed by atoms with Crippen LogP contribution in [0.5, 0.6) is 5.75 Å². The highest BCUT2D eigenvalue weighted by Crippen LogP contribution is 2.33. The fourth-order valence-electron chi connectivity index (χ4n) is 1.72. The molecule has 0 aliphatic heterocycles. The Balaban J connectivity index is 2.16. The van der Waals surface area contributed by atoms with Gasteiger partial charge in [-0.25, -0.2) is 0 Å². The molecule has 2 N–H and O–H groups in total. The van der Waals surface area contributed by atoms with E-state index in [4.69, 9.17) is 0 Å². The molecule has 0 aliphatic rings. The molecule has 2 aromatic rings. The molecule has 0 unspecified atom stereocenters. The fourth-order valence-corrected chi connectivity index (χ4v) is 2.64. The highest BCUT2D eigenvalue weighted by atomic mass is 79.9. The Morgan fingerprint density at radius 1 is 1.05 bits per heavy atom. The van der Waals surface area contributed by atoms with Crippen molar-refractivity contribution in [3.8, 4) is 5.75 Å². The third-order valence-electron chi connectivity index (χ3n) is 2.73. The Hall–Kier alpha value is -1.21. The SMILES string of the molecule is Oc1ccc(CNc2cc(Br)cc(C(F)(F)F)c2)cc1Br. The van der Waals surface area contributed by atoms with Gasteiger partial charge in [0, 0.05) is 16.7 Å². The molecule has 0 saturated carbocycles. The molecule has 0 radical (unpaired) electrons. The smallest absolute Gasteiger partial charge is 0.416 e. The van der Waals surface area contributed by atoms with E-state index in [0.29, 0.717) is 21.2 Å². The lowest BCUT2D eigenvalue weighted by atomic mass is 10.1. The maximum absolute atomic E-state index is 12.7. The van der Waals surface area contributed by atoms with Gasteiger partial charge < -0.3 is 10.4 Å². The Labute approximate surface area is 136 Å². The van der Waals surface area contributed by atoms with E-state index < -0.39 is 11.7 Å². The van der Waals surface area contributed by atoms with Crippen molar-refractivity contribution in [3.63, 3.8) is 0 Å². The molecule has 0 fully saturated rings. The minimum atomic E-state index is -4.39. The first kappa shape index (κ1) is 16.2. The average Bonchev–Trinajstić information content (AvgIpc) is 2.38. The van der Waals surface area contributed by atoms with Gasteiger partial charge in [-0.15, -0.1) is 0 Å². The predicted octanol–water partition coefficient (Wildman–Crippen LogP) is 5.55. The van der Waals surface area contributed by atoms with Crippen LogP contribution in [-0.4, -0.2) is 5.11 Å². The van der Waals surface area contributed by atoms with E-state index in [0.717, 1.165) is 17.7 Å². The normalized spacial score (nSPS) is 11.5. The molecule has 2 aromatic carbocycles. The number of hydrogen-bond acceptors (Lipinski definition) is 2. The number of alkyl halides is 3. The maximum Gasteiger partial charge on any atom is 0.416 e. The number of hydrogen-bond donors (Lipinski definition) is 2. The third kappa shape index (κ3) is 4.38. The van der Waals surface area contributed by atoms with Crippen molar-refractivity contribution in [2.75, 3.05) is 5.32 Å². The second kappa shape index (κ2) is 6.27. The van der Waals surface area contributed by atoms with Crippen molar-refractivity contribution in [1.82, 2.24) is 0 Å². The van der Waals surface area contributed by atoms with E-state index >= 15 is 0 Å². The molecule has 0 bridgehead atoms. The summed E-state index contributed by atoms with van der Waals surface area (Å²) in [4.78, 5) is 0. The van der Waals surface area contributed by atoms with Crippen molar-refractivity contribution in [3.05, 3.63) is 56.5 Å². The monoisotopic (exact) mass is 423 g/mol. The van der Waals surface area contributed by atoms with Crippen LogP contribution in [0.15, 0.2) is 45.3 Å². The zero-order valence-electron chi connectivity index (χ0n) is 10.5. The van der Waals surface area contributed by atoms with Crippen molar-refractivity contribution >= 4 is 37.5 Å². The molecule has 0 saturated heterocycles. The Morgan fingerprint density at radius 2 is 1.76 bits per heavy atom. The molecule has 0 spiro atoms. The molecular weight excluding hydrogens is 415 g/mol. The second-order valence-corrected chi connectivity index (χ2v) is 6.14. The first-order chi connectivity index (χ1) is 9.75. The van der Waals surface area contributed by atoms with Crippen molar-refractivity contribution in [2.45, 2.75) is 12.7 Å². The lowest BCUT2D eigenvalue weighted by molar-refractivity contribution is -0.137. The van der Waals surface area contributed by atoms with Crippen LogP contribution in [0, 0.1) is 0 Å². The van der Waals surface area contributed by atoms with Crippen molar-refractivity contribution in [2.24, 2.45) is 0 Å². The van der Waals surface area contributed by atoms with E-state index in [1.54, 1.807) is 18.2 Å². The largest absolute Gasteiger partial charge is 0.507 e. The zero-order chi connectivity index (χ0) is 15.6. The maximum atomic E-state index is 12.7. The van der Waals surface area contributed by atoms with Gasteiger partial charge in [0.05, 0.1) is 10.0 Å². The van der Waals surface area contributed by atoms with Crippen LogP contribution < -0.4 is 5.32 Å². The fraction of sp³-hybridized carbons (Fsp3) is 0.143. The standard InChI is InChI=1S/C14H10Br2F3NO/c15-10-4-9(14(17,18)19)5-11(6-10)20-7-8-1-2-13(21)12(16)3-8/h1-6,20-21H,7H2. The summed E-state index contributed by atoms with van der Waals surface area (Å²) in [5.41, 5.74) is 0.473. The number of phenols is 1. The molecular formula is C14H10Br2F3NO. The minimum Gasteiger partial charge on any atom is -0.507 e. The summed E-state index contributed by atoms with van der Waals surface area (Å²) in [6, 6.07) is 8.57. The van der Waals surface area contributed by atoms with Gasteiger partial charge in [-0.2, -0.15) is 13.2 Å². The van der Waals surface area contributed by atoms with Crippen LogP contribution in [0.3, 0.4) is 0 Å². The van der Waals surface area contributed by atoms with E-state index in [1.165, 1.54) is 6.07 Å². The summed E-state index contributed by atoms with van der Waals surface area (Å²) in [5, 5.41) is 12.3. The molecule has 0 aliphatic carbocycles. The van der Waals surface area contributed by atoms with Gasteiger partial charge in [0.2, 0.25) is 0 Å². The van der Waals surface area contributed by atoms with Gasteiger partial charge in [-0.3, -0.25) is 0 Å². The van der Waals surface area contributed by atoms with Gasteiger partial charge in [0.25, 0.3) is 0 Å². The Kier molecular flexibility index (Phi) is 4.83. The summed E-state index contributed by atoms with van der Waals surface area (Å²) in [6.07, 6.45) is -4.39. The van der Waals surface area contributed by atoms with Crippen molar-refractivity contribution < 1.29 is 18.3 Å². The van der Waals surface area contributed by atoms with E-state index in [9.17, 15) is 18.3 Å². The van der Waals surface area contributed by atoms with Crippen LogP contribution in [0.1, 0.15) is 11.1 Å². The van der Waals surface area contributed by atoms with Crippen LogP contribution >= 0.6 is 31.9 Å². The molecule has 7 heteroatoms. The van der Waals surface area contributed by atoms with Crippen LogP contribution in [0.4, 0.5) is 18.9 Å². The van der Waals surface area contributed by atoms with E-state index in [1.807, 2.05) is 0 Å². The lowest BCUT2D eigenvalue weighted by Crippen LogP contribution is -2.07. The summed E-state index contributed by atoms with van der Waals surface area (Å²) in [7, 11) is 0. The first-order valence-electron chi connectivity index (χ1n) is 5.85. The number of aromatic hydroxyl groups is 1. The molecule has 2 rings (SSSR count).